The van der Waals surface area contributed by atoms with Crippen LogP contribution in [0.4, 0.5) is 0 Å². The van der Waals surface area contributed by atoms with Gasteiger partial charge in [0, 0.05) is 11.3 Å². The summed E-state index contributed by atoms with van der Waals surface area (Å²) in [5.74, 6) is 0. The number of benzene rings is 1. The second kappa shape index (κ2) is 7.05. The van der Waals surface area contributed by atoms with Crippen LogP contribution in [0.25, 0.3) is 0 Å². The predicted octanol–water partition coefficient (Wildman–Crippen LogP) is 6.87. The summed E-state index contributed by atoms with van der Waals surface area (Å²) in [5.41, 5.74) is 5.55. The Morgan fingerprint density at radius 2 is 1.30 bits per heavy atom. The molecule has 23 heavy (non-hydrogen) atoms. The van der Waals surface area contributed by atoms with Crippen molar-refractivity contribution >= 4 is 24.2 Å². The number of hydrogen-bond donors (Lipinski definition) is 0. The monoisotopic (exact) mass is 350 g/mol. The molecule has 0 nitrogen and oxygen atoms in total. The van der Waals surface area contributed by atoms with Gasteiger partial charge in [-0.1, -0.05) is 45.8 Å². The van der Waals surface area contributed by atoms with Crippen molar-refractivity contribution in [2.24, 2.45) is 0 Å². The second-order valence-electron chi connectivity index (χ2n) is 8.61. The Balaban J connectivity index is 2.00. The van der Waals surface area contributed by atoms with E-state index in [0.29, 0.717) is 0 Å². The molecule has 0 bridgehead atoms. The van der Waals surface area contributed by atoms with Crippen LogP contribution < -0.4 is 5.30 Å². The molecule has 0 aromatic heterocycles. The molecule has 0 saturated heterocycles. The van der Waals surface area contributed by atoms with Crippen molar-refractivity contribution in [3.05, 3.63) is 35.5 Å². The first-order valence-corrected chi connectivity index (χ1v) is 11.9. The molecular weight excluding hydrogens is 319 g/mol. The first-order chi connectivity index (χ1) is 11.0. The zero-order valence-corrected chi connectivity index (χ0v) is 16.7. The Bertz CT molecular complexity index is 486. The SMILES string of the molecule is CC(C)(C)c1ccc([P+]([CH-]Cl)(C2CCCC2)C2CCCC2)cc1. The van der Waals surface area contributed by atoms with Crippen molar-refractivity contribution in [3.63, 3.8) is 0 Å². The van der Waals surface area contributed by atoms with Gasteiger partial charge in [0.2, 0.25) is 0 Å². The van der Waals surface area contributed by atoms with E-state index >= 15 is 0 Å². The van der Waals surface area contributed by atoms with Gasteiger partial charge in [0.1, 0.15) is 0 Å². The minimum absolute atomic E-state index is 0.227. The lowest BCUT2D eigenvalue weighted by Gasteiger charge is -2.44. The molecule has 0 heterocycles. The fraction of sp³-hybridized carbons (Fsp3) is 0.667. The third kappa shape index (κ3) is 3.36. The molecule has 1 aromatic carbocycles. The van der Waals surface area contributed by atoms with Crippen molar-refractivity contribution in [2.75, 3.05) is 0 Å². The predicted molar refractivity (Wildman–Crippen MR) is 106 cm³/mol. The molecule has 0 amide bonds. The second-order valence-corrected chi connectivity index (χ2v) is 13.0. The van der Waals surface area contributed by atoms with E-state index in [0.717, 1.165) is 11.3 Å². The van der Waals surface area contributed by atoms with E-state index in [1.807, 2.05) is 0 Å². The molecule has 2 aliphatic carbocycles. The van der Waals surface area contributed by atoms with Gasteiger partial charge in [0.05, 0.1) is 5.30 Å². The highest BCUT2D eigenvalue weighted by Gasteiger charge is 2.48. The Morgan fingerprint density at radius 1 is 0.870 bits per heavy atom. The Hall–Kier alpha value is -0.0600. The third-order valence-electron chi connectivity index (χ3n) is 6.20. The van der Waals surface area contributed by atoms with Crippen LogP contribution in [0, 0.1) is 5.62 Å². The van der Waals surface area contributed by atoms with E-state index in [-0.39, 0.29) is 5.41 Å². The van der Waals surface area contributed by atoms with Gasteiger partial charge in [0.25, 0.3) is 0 Å². The van der Waals surface area contributed by atoms with Gasteiger partial charge < -0.3 is 11.6 Å². The zero-order chi connectivity index (χ0) is 16.5. The van der Waals surface area contributed by atoms with E-state index in [1.165, 1.54) is 56.9 Å². The highest BCUT2D eigenvalue weighted by molar-refractivity contribution is 7.87. The van der Waals surface area contributed by atoms with Crippen molar-refractivity contribution in [2.45, 2.75) is 88.9 Å². The van der Waals surface area contributed by atoms with Crippen LogP contribution in [0.2, 0.25) is 0 Å². The summed E-state index contributed by atoms with van der Waals surface area (Å²) in [7, 11) is -1.36. The summed E-state index contributed by atoms with van der Waals surface area (Å²) in [5, 5.41) is 1.58. The third-order valence-corrected chi connectivity index (χ3v) is 12.1. The first-order valence-electron chi connectivity index (χ1n) is 9.42. The maximum atomic E-state index is 6.67. The van der Waals surface area contributed by atoms with Crippen LogP contribution in [0.3, 0.4) is 0 Å². The quantitative estimate of drug-likeness (QED) is 0.410. The van der Waals surface area contributed by atoms with Crippen molar-refractivity contribution < 1.29 is 0 Å². The molecule has 0 atom stereocenters. The van der Waals surface area contributed by atoms with E-state index in [9.17, 15) is 0 Å². The normalized spacial score (nSPS) is 21.2. The minimum atomic E-state index is -1.36. The average molecular weight is 351 g/mol. The van der Waals surface area contributed by atoms with Crippen LogP contribution in [-0.4, -0.2) is 11.3 Å². The molecule has 0 N–H and O–H groups in total. The van der Waals surface area contributed by atoms with Gasteiger partial charge in [-0.3, -0.25) is 0 Å². The van der Waals surface area contributed by atoms with Crippen LogP contribution in [0.1, 0.15) is 77.7 Å². The molecule has 2 fully saturated rings. The van der Waals surface area contributed by atoms with E-state index in [2.05, 4.69) is 50.7 Å². The summed E-state index contributed by atoms with van der Waals surface area (Å²) in [6, 6.07) is 9.61. The van der Waals surface area contributed by atoms with Crippen molar-refractivity contribution in [3.8, 4) is 0 Å². The summed E-state index contributed by atoms with van der Waals surface area (Å²) >= 11 is 6.67. The van der Waals surface area contributed by atoms with Crippen LogP contribution in [0.15, 0.2) is 24.3 Å². The van der Waals surface area contributed by atoms with Crippen molar-refractivity contribution in [1.82, 2.24) is 0 Å². The molecule has 2 heteroatoms. The highest BCUT2D eigenvalue weighted by atomic mass is 35.5. The summed E-state index contributed by atoms with van der Waals surface area (Å²) in [6.45, 7) is 6.89. The molecule has 3 rings (SSSR count). The molecule has 2 saturated carbocycles. The molecule has 0 unspecified atom stereocenters. The minimum Gasteiger partial charge on any atom is -0.304 e. The zero-order valence-electron chi connectivity index (χ0n) is 15.0. The topological polar surface area (TPSA) is 0 Å². The molecule has 0 radical (unpaired) electrons. The maximum absolute atomic E-state index is 6.67. The molecule has 0 aliphatic heterocycles. The average Bonchev–Trinajstić information content (AvgIpc) is 3.22. The van der Waals surface area contributed by atoms with Gasteiger partial charge in [-0.15, -0.1) is 0 Å². The molecular formula is C21H32ClP. The molecule has 0 spiro atoms. The standard InChI is InChI=1S/C21H32ClP/c1-21(2,3)17-12-14-20(15-13-17)23(16-22,18-8-4-5-9-18)19-10-6-7-11-19/h12-16,18-19H,4-11H2,1-3H3. The highest BCUT2D eigenvalue weighted by Crippen LogP contribution is 2.74. The summed E-state index contributed by atoms with van der Waals surface area (Å²) in [6.07, 6.45) is 11.2. The Labute approximate surface area is 148 Å². The fourth-order valence-electron chi connectivity index (χ4n) is 4.82. The van der Waals surface area contributed by atoms with Crippen LogP contribution in [-0.2, 0) is 5.41 Å². The smallest absolute Gasteiger partial charge is 0.0664 e. The Kier molecular flexibility index (Phi) is 5.44. The largest absolute Gasteiger partial charge is 0.304 e. The summed E-state index contributed by atoms with van der Waals surface area (Å²) in [4.78, 5) is 0. The first kappa shape index (κ1) is 17.8. The van der Waals surface area contributed by atoms with Gasteiger partial charge in [-0.25, -0.2) is 0 Å². The summed E-state index contributed by atoms with van der Waals surface area (Å²) < 4.78 is 0. The number of rotatable bonds is 4. The number of hydrogen-bond acceptors (Lipinski definition) is 0. The van der Waals surface area contributed by atoms with Crippen LogP contribution >= 0.6 is 18.9 Å². The van der Waals surface area contributed by atoms with Gasteiger partial charge in [-0.05, 0) is 74.5 Å². The van der Waals surface area contributed by atoms with Crippen LogP contribution in [0.5, 0.6) is 0 Å². The lowest BCUT2D eigenvalue weighted by Crippen LogP contribution is -2.29. The van der Waals surface area contributed by atoms with Gasteiger partial charge in [0.15, 0.2) is 0 Å². The van der Waals surface area contributed by atoms with Gasteiger partial charge >= 0.3 is 0 Å². The van der Waals surface area contributed by atoms with E-state index in [4.69, 9.17) is 11.6 Å². The lowest BCUT2D eigenvalue weighted by molar-refractivity contribution is 0.590. The maximum Gasteiger partial charge on any atom is 0.0664 e. The van der Waals surface area contributed by atoms with E-state index in [1.54, 1.807) is 5.30 Å². The lowest BCUT2D eigenvalue weighted by atomic mass is 9.87. The number of halogens is 1. The van der Waals surface area contributed by atoms with Gasteiger partial charge in [-0.2, -0.15) is 0 Å². The molecule has 1 aromatic rings. The molecule has 128 valence electrons. The molecule has 2 aliphatic rings. The van der Waals surface area contributed by atoms with E-state index < -0.39 is 7.26 Å². The Morgan fingerprint density at radius 3 is 1.65 bits per heavy atom. The fourth-order valence-corrected chi connectivity index (χ4v) is 11.1. The van der Waals surface area contributed by atoms with Crippen molar-refractivity contribution in [1.29, 1.82) is 0 Å².